The third-order valence-electron chi connectivity index (χ3n) is 4.18. The van der Waals surface area contributed by atoms with E-state index in [1.54, 1.807) is 0 Å². The molecule has 0 radical (unpaired) electrons. The summed E-state index contributed by atoms with van der Waals surface area (Å²) in [5, 5.41) is 0. The Hall–Kier alpha value is -1.23. The van der Waals surface area contributed by atoms with Gasteiger partial charge in [-0.25, -0.2) is 21.4 Å². The largest absolute Gasteiger partial charge is 0.480 e. The van der Waals surface area contributed by atoms with Gasteiger partial charge in [0.15, 0.2) is 40.8 Å². The molecule has 1 aromatic heterocycles. The van der Waals surface area contributed by atoms with Gasteiger partial charge < -0.3 is 8.55 Å². The first-order valence-corrected chi connectivity index (χ1v) is 17.0. The fourth-order valence-corrected chi connectivity index (χ4v) is 4.63. The fourth-order valence-electron chi connectivity index (χ4n) is 2.32. The summed E-state index contributed by atoms with van der Waals surface area (Å²) in [5.74, 6) is 0. The van der Waals surface area contributed by atoms with Crippen LogP contribution < -0.4 is 4.57 Å². The molecule has 0 amide bonds. The highest BCUT2D eigenvalue weighted by atomic mass is 32.3. The third-order valence-corrected chi connectivity index (χ3v) is 7.93. The van der Waals surface area contributed by atoms with Crippen molar-refractivity contribution in [3.05, 3.63) is 34.2 Å². The second-order valence-corrected chi connectivity index (χ2v) is 16.5. The minimum atomic E-state index is -6.72. The molecule has 1 heterocycles. The summed E-state index contributed by atoms with van der Waals surface area (Å²) in [6.45, 7) is 10.9. The Labute approximate surface area is 204 Å². The molecule has 0 spiro atoms. The van der Waals surface area contributed by atoms with Gasteiger partial charge in [-0.05, 0) is 31.6 Å². The molecule has 0 aliphatic rings. The predicted octanol–water partition coefficient (Wildman–Crippen LogP) is 5.75. The van der Waals surface area contributed by atoms with Crippen LogP contribution in [0.15, 0.2) is 24.5 Å². The summed E-state index contributed by atoms with van der Waals surface area (Å²) >= 11 is 0. The third kappa shape index (κ3) is 14.2. The monoisotopic (exact) mass is 574 g/mol. The van der Waals surface area contributed by atoms with Gasteiger partial charge in [-0.3, -0.25) is 0 Å². The van der Waals surface area contributed by atoms with E-state index in [1.165, 1.54) is 44.1 Å². The van der Waals surface area contributed by atoms with Crippen LogP contribution in [0.25, 0.3) is 4.13 Å². The molecule has 0 aromatic carbocycles. The number of pyridine rings is 1. The van der Waals surface area contributed by atoms with Crippen molar-refractivity contribution in [2.24, 2.45) is 0 Å². The number of unbranched alkanes of at least 4 members (excludes halogenated alkanes) is 5. The number of aryl methyl sites for hydroxylation is 1. The summed E-state index contributed by atoms with van der Waals surface area (Å²) < 4.78 is 117. The number of rotatable bonds is 12. The van der Waals surface area contributed by atoms with Crippen molar-refractivity contribution in [1.82, 2.24) is 0 Å². The van der Waals surface area contributed by atoms with E-state index in [0.29, 0.717) is 0 Å². The van der Waals surface area contributed by atoms with Crippen LogP contribution in [-0.2, 0) is 37.6 Å². The molecule has 1 rings (SSSR count). The van der Waals surface area contributed by atoms with Crippen LogP contribution in [0.5, 0.6) is 0 Å². The maximum Gasteiger partial charge on any atom is 0.480 e. The summed E-state index contributed by atoms with van der Waals surface area (Å²) in [6, 6.07) is 4.38. The normalized spacial score (nSPS) is 13.3. The Balaban J connectivity index is 0.000000691. The van der Waals surface area contributed by atoms with Crippen molar-refractivity contribution < 1.29 is 52.2 Å². The molecule has 0 fully saturated rings. The molecule has 0 atom stereocenters. The predicted molar refractivity (Wildman–Crippen MR) is 121 cm³/mol. The fraction of sp³-hybridized carbons (Fsp3) is 0.737. The Morgan fingerprint density at radius 1 is 0.829 bits per heavy atom. The van der Waals surface area contributed by atoms with E-state index in [-0.39, 0.29) is 0 Å². The van der Waals surface area contributed by atoms with E-state index in [9.17, 15) is 43.2 Å². The first kappa shape index (κ1) is 33.8. The van der Waals surface area contributed by atoms with Crippen molar-refractivity contribution in [1.29, 1.82) is 0 Å². The lowest BCUT2D eigenvalue weighted by Crippen LogP contribution is -2.32. The lowest BCUT2D eigenvalue weighted by atomic mass is 10.1. The van der Waals surface area contributed by atoms with E-state index in [4.69, 9.17) is 4.43 Å². The van der Waals surface area contributed by atoms with Gasteiger partial charge >= 0.3 is 11.0 Å². The van der Waals surface area contributed by atoms with Gasteiger partial charge in [-0.2, -0.15) is 26.3 Å². The van der Waals surface area contributed by atoms with Gasteiger partial charge in [0.05, 0.1) is 6.61 Å². The van der Waals surface area contributed by atoms with Crippen LogP contribution in [0.3, 0.4) is 0 Å². The zero-order valence-corrected chi connectivity index (χ0v) is 22.6. The quantitative estimate of drug-likeness (QED) is 0.137. The van der Waals surface area contributed by atoms with E-state index >= 15 is 0 Å². The van der Waals surface area contributed by atoms with Crippen molar-refractivity contribution in [2.45, 2.75) is 89.3 Å². The highest BCUT2D eigenvalue weighted by Crippen LogP contribution is 2.36. The average molecular weight is 575 g/mol. The number of hydrogen-bond acceptors (Lipinski definition) is 5. The second kappa shape index (κ2) is 13.9. The van der Waals surface area contributed by atoms with Gasteiger partial charge in [-0.15, -0.1) is 0 Å². The van der Waals surface area contributed by atoms with Gasteiger partial charge in [-0.1, -0.05) is 32.6 Å². The van der Waals surface area contributed by atoms with E-state index in [1.807, 2.05) is 0 Å². The zero-order chi connectivity index (χ0) is 27.6. The van der Waals surface area contributed by atoms with Crippen LogP contribution in [0, 0.1) is 0 Å². The highest BCUT2D eigenvalue weighted by Gasteiger charge is 2.46. The first-order chi connectivity index (χ1) is 15.7. The average Bonchev–Trinajstić information content (AvgIpc) is 2.67. The lowest BCUT2D eigenvalue weighted by Gasteiger charge is -2.22. The van der Waals surface area contributed by atoms with Crippen molar-refractivity contribution in [3.8, 4) is 0 Å². The standard InChI is InChI=1S/C17H32NOSi.C2F6NO4S2/c1-5-6-7-8-9-10-13-18-14-11-17(12-15-18)16-19-20(2,3)4;3-1(4,5)14(10,11)9-15(12,13)2(6,7)8/h11-12,14-15H,5-10,13,16H2,1-4H3;/q+1;-1. The SMILES string of the molecule is CCCCCCCC[n+]1ccc(CO[Si](C)(C)C)cc1.O=S(=O)([N-]S(=O)(=O)C(F)(F)F)C(F)(F)F. The Kier molecular flexibility index (Phi) is 13.4. The molecular weight excluding hydrogens is 542 g/mol. The summed E-state index contributed by atoms with van der Waals surface area (Å²) in [5.41, 5.74) is -11.1. The lowest BCUT2D eigenvalue weighted by molar-refractivity contribution is -0.697. The maximum atomic E-state index is 11.4. The summed E-state index contributed by atoms with van der Waals surface area (Å²) in [7, 11) is -14.8. The Morgan fingerprint density at radius 3 is 1.66 bits per heavy atom. The van der Waals surface area contributed by atoms with E-state index < -0.39 is 39.4 Å². The maximum absolute atomic E-state index is 11.4. The minimum Gasteiger partial charge on any atom is -0.421 e. The number of alkyl halides is 6. The molecule has 0 N–H and O–H groups in total. The number of halogens is 6. The molecule has 0 aliphatic carbocycles. The molecule has 0 saturated heterocycles. The molecule has 0 aliphatic heterocycles. The molecule has 0 unspecified atom stereocenters. The molecular formula is C19H32F6N2O5S2Si. The molecule has 1 aromatic rings. The molecule has 206 valence electrons. The number of nitrogens with zero attached hydrogens (tertiary/aromatic N) is 2. The van der Waals surface area contributed by atoms with Gasteiger partial charge in [0.2, 0.25) is 0 Å². The van der Waals surface area contributed by atoms with Crippen LogP contribution in [0.4, 0.5) is 26.3 Å². The smallest absolute Gasteiger partial charge is 0.421 e. The van der Waals surface area contributed by atoms with Crippen molar-refractivity contribution in [3.63, 3.8) is 0 Å². The second-order valence-electron chi connectivity index (χ2n) is 8.53. The first-order valence-electron chi connectivity index (χ1n) is 10.7. The highest BCUT2D eigenvalue weighted by molar-refractivity contribution is 8.13. The minimum absolute atomic E-state index is 0.758. The topological polar surface area (TPSA) is 95.5 Å². The van der Waals surface area contributed by atoms with Crippen LogP contribution >= 0.6 is 0 Å². The molecule has 0 saturated carbocycles. The number of hydrogen-bond donors (Lipinski definition) is 0. The Morgan fingerprint density at radius 2 is 1.26 bits per heavy atom. The van der Waals surface area contributed by atoms with E-state index in [0.717, 1.165) is 17.3 Å². The van der Waals surface area contributed by atoms with Gasteiger partial charge in [0.1, 0.15) is 6.54 Å². The van der Waals surface area contributed by atoms with E-state index in [2.05, 4.69) is 55.7 Å². The van der Waals surface area contributed by atoms with Gasteiger partial charge in [0.25, 0.3) is 0 Å². The zero-order valence-electron chi connectivity index (χ0n) is 20.0. The number of aromatic nitrogens is 1. The molecule has 35 heavy (non-hydrogen) atoms. The molecule has 7 nitrogen and oxygen atoms in total. The summed E-state index contributed by atoms with van der Waals surface area (Å²) in [4.78, 5) is 0. The van der Waals surface area contributed by atoms with Crippen LogP contribution in [0.1, 0.15) is 51.0 Å². The Bertz CT molecular complexity index is 919. The van der Waals surface area contributed by atoms with Crippen molar-refractivity contribution >= 4 is 28.4 Å². The van der Waals surface area contributed by atoms with Crippen LogP contribution in [-0.4, -0.2) is 36.2 Å². The number of sulfonamides is 2. The molecule has 0 bridgehead atoms. The summed E-state index contributed by atoms with van der Waals surface area (Å²) in [6.07, 6.45) is 12.5. The van der Waals surface area contributed by atoms with Gasteiger partial charge in [0, 0.05) is 18.6 Å². The van der Waals surface area contributed by atoms with Crippen LogP contribution in [0.2, 0.25) is 19.6 Å². The van der Waals surface area contributed by atoms with Crippen molar-refractivity contribution in [2.75, 3.05) is 0 Å². The molecule has 16 heteroatoms.